The molecule has 0 aromatic rings. The van der Waals surface area contributed by atoms with Gasteiger partial charge in [0.2, 0.25) is 5.70 Å². The number of carbonyl (C=O) groups excluding carboxylic acids is 2. The molecule has 0 saturated heterocycles. The van der Waals surface area contributed by atoms with E-state index in [2.05, 4.69) is 14.7 Å². The first-order valence-electron chi connectivity index (χ1n) is 3.96. The minimum Gasteiger partial charge on any atom is -0.506 e. The summed E-state index contributed by atoms with van der Waals surface area (Å²) in [7, 11) is 1.03. The van der Waals surface area contributed by atoms with Gasteiger partial charge in [-0.15, -0.1) is 4.91 Å². The normalized spacial score (nSPS) is 13.5. The summed E-state index contributed by atoms with van der Waals surface area (Å²) in [6.07, 6.45) is -1.13. The number of aliphatic hydroxyl groups excluding tert-OH is 1. The van der Waals surface area contributed by atoms with Crippen LogP contribution in [0.2, 0.25) is 0 Å². The van der Waals surface area contributed by atoms with Crippen LogP contribution in [0.4, 0.5) is 0 Å². The molecule has 0 aliphatic rings. The zero-order chi connectivity index (χ0) is 12.0. The van der Waals surface area contributed by atoms with Gasteiger partial charge in [-0.3, -0.25) is 4.79 Å². The van der Waals surface area contributed by atoms with E-state index in [1.54, 1.807) is 0 Å². The second-order valence-corrected chi connectivity index (χ2v) is 2.57. The third-order valence-electron chi connectivity index (χ3n) is 1.44. The van der Waals surface area contributed by atoms with Crippen LogP contribution in [0.5, 0.6) is 0 Å². The molecule has 7 heteroatoms. The van der Waals surface area contributed by atoms with E-state index < -0.39 is 29.5 Å². The van der Waals surface area contributed by atoms with Crippen molar-refractivity contribution in [2.75, 3.05) is 7.11 Å². The Morgan fingerprint density at radius 1 is 1.40 bits per heavy atom. The third kappa shape index (κ3) is 3.75. The number of hydrogen-bond acceptors (Lipinski definition) is 7. The van der Waals surface area contributed by atoms with Crippen LogP contribution in [-0.2, 0) is 19.1 Å². The van der Waals surface area contributed by atoms with E-state index in [0.717, 1.165) is 14.0 Å². The molecule has 0 aromatic heterocycles. The second-order valence-electron chi connectivity index (χ2n) is 2.57. The SMILES string of the molecule is COC(=O)C(N=O)=C(O)C(C)OC(C)=O. The van der Waals surface area contributed by atoms with Gasteiger partial charge < -0.3 is 14.6 Å². The van der Waals surface area contributed by atoms with Crippen LogP contribution in [0, 0.1) is 4.91 Å². The largest absolute Gasteiger partial charge is 0.506 e. The quantitative estimate of drug-likeness (QED) is 0.321. The fraction of sp³-hybridized carbons (Fsp3) is 0.500. The Labute approximate surface area is 85.6 Å². The van der Waals surface area contributed by atoms with Crippen LogP contribution in [-0.4, -0.2) is 30.3 Å². The highest BCUT2D eigenvalue weighted by Crippen LogP contribution is 2.12. The Bertz CT molecular complexity index is 308. The standard InChI is InChI=1S/C8H11NO6/c1-4(15-5(2)10)7(11)6(9-13)8(12)14-3/h4,11H,1-3H3. The third-order valence-corrected chi connectivity index (χ3v) is 1.44. The molecular weight excluding hydrogens is 206 g/mol. The van der Waals surface area contributed by atoms with E-state index >= 15 is 0 Å². The highest BCUT2D eigenvalue weighted by atomic mass is 16.6. The first kappa shape index (κ1) is 13.1. The summed E-state index contributed by atoms with van der Waals surface area (Å²) in [6.45, 7) is 2.40. The Kier molecular flexibility index (Phi) is 5.00. The Morgan fingerprint density at radius 3 is 2.27 bits per heavy atom. The molecule has 0 spiro atoms. The van der Waals surface area contributed by atoms with Crippen molar-refractivity contribution < 1.29 is 24.2 Å². The molecule has 1 unspecified atom stereocenters. The van der Waals surface area contributed by atoms with E-state index in [0.29, 0.717) is 0 Å². The highest BCUT2D eigenvalue weighted by Gasteiger charge is 2.23. The summed E-state index contributed by atoms with van der Waals surface area (Å²) in [5.41, 5.74) is -0.814. The van der Waals surface area contributed by atoms with Gasteiger partial charge in [-0.2, -0.15) is 0 Å². The summed E-state index contributed by atoms with van der Waals surface area (Å²) in [4.78, 5) is 31.7. The van der Waals surface area contributed by atoms with Crippen molar-refractivity contribution in [2.45, 2.75) is 20.0 Å². The molecular formula is C8H11NO6. The van der Waals surface area contributed by atoms with Crippen LogP contribution in [0.3, 0.4) is 0 Å². The zero-order valence-corrected chi connectivity index (χ0v) is 8.51. The summed E-state index contributed by atoms with van der Waals surface area (Å²) in [5.74, 6) is -2.50. The maximum Gasteiger partial charge on any atom is 0.364 e. The molecule has 1 N–H and O–H groups in total. The topological polar surface area (TPSA) is 102 Å². The van der Waals surface area contributed by atoms with Gasteiger partial charge in [-0.25, -0.2) is 4.79 Å². The average Bonchev–Trinajstić information content (AvgIpc) is 2.17. The van der Waals surface area contributed by atoms with Gasteiger partial charge in [0.1, 0.15) is 0 Å². The number of aliphatic hydroxyl groups is 1. The molecule has 0 radical (unpaired) electrons. The molecule has 0 saturated carbocycles. The fourth-order valence-corrected chi connectivity index (χ4v) is 0.783. The molecule has 1 atom stereocenters. The molecule has 0 rings (SSSR count). The first-order chi connectivity index (χ1) is 6.93. The molecule has 0 fully saturated rings. The summed E-state index contributed by atoms with van der Waals surface area (Å²) >= 11 is 0. The molecule has 0 bridgehead atoms. The number of ether oxygens (including phenoxy) is 2. The van der Waals surface area contributed by atoms with Gasteiger partial charge in [-0.1, -0.05) is 0 Å². The van der Waals surface area contributed by atoms with E-state index in [4.69, 9.17) is 0 Å². The number of hydrogen-bond donors (Lipinski definition) is 1. The van der Waals surface area contributed by atoms with E-state index in [1.165, 1.54) is 6.92 Å². The van der Waals surface area contributed by atoms with Gasteiger partial charge in [0.25, 0.3) is 0 Å². The van der Waals surface area contributed by atoms with Crippen LogP contribution in [0.1, 0.15) is 13.8 Å². The number of esters is 2. The van der Waals surface area contributed by atoms with Gasteiger partial charge >= 0.3 is 11.9 Å². The molecule has 0 aromatic carbocycles. The van der Waals surface area contributed by atoms with Crippen molar-refractivity contribution in [3.63, 3.8) is 0 Å². The fourth-order valence-electron chi connectivity index (χ4n) is 0.783. The molecule has 7 nitrogen and oxygen atoms in total. The van der Waals surface area contributed by atoms with Crippen molar-refractivity contribution in [1.82, 2.24) is 0 Å². The number of nitroso groups, excluding NO2 is 1. The predicted octanol–water partition coefficient (Wildman–Crippen LogP) is 0.647. The van der Waals surface area contributed by atoms with Crippen LogP contribution < -0.4 is 0 Å². The number of rotatable bonds is 4. The molecule has 0 aliphatic heterocycles. The lowest BCUT2D eigenvalue weighted by atomic mass is 10.2. The maximum atomic E-state index is 10.9. The van der Waals surface area contributed by atoms with Gasteiger partial charge in [0, 0.05) is 6.92 Å². The average molecular weight is 217 g/mol. The lowest BCUT2D eigenvalue weighted by Gasteiger charge is -2.11. The smallest absolute Gasteiger partial charge is 0.364 e. The Hall–Kier alpha value is -1.92. The van der Waals surface area contributed by atoms with E-state index in [-0.39, 0.29) is 0 Å². The lowest BCUT2D eigenvalue weighted by molar-refractivity contribution is -0.145. The Morgan fingerprint density at radius 2 is 1.93 bits per heavy atom. The van der Waals surface area contributed by atoms with Gasteiger partial charge in [-0.05, 0) is 12.1 Å². The molecule has 0 aliphatic carbocycles. The molecule has 0 amide bonds. The maximum absolute atomic E-state index is 10.9. The van der Waals surface area contributed by atoms with Crippen molar-refractivity contribution in [3.05, 3.63) is 16.4 Å². The predicted molar refractivity (Wildman–Crippen MR) is 48.7 cm³/mol. The minimum atomic E-state index is -1.13. The first-order valence-corrected chi connectivity index (χ1v) is 3.96. The zero-order valence-electron chi connectivity index (χ0n) is 8.51. The summed E-state index contributed by atoms with van der Waals surface area (Å²) < 4.78 is 8.72. The van der Waals surface area contributed by atoms with Crippen molar-refractivity contribution in [2.24, 2.45) is 5.18 Å². The van der Waals surface area contributed by atoms with E-state index in [1.807, 2.05) is 0 Å². The lowest BCUT2D eigenvalue weighted by Crippen LogP contribution is -2.19. The van der Waals surface area contributed by atoms with Gasteiger partial charge in [0.15, 0.2) is 11.9 Å². The van der Waals surface area contributed by atoms with Crippen molar-refractivity contribution in [3.8, 4) is 0 Å². The molecule has 0 heterocycles. The van der Waals surface area contributed by atoms with Crippen LogP contribution in [0.15, 0.2) is 16.6 Å². The molecule has 84 valence electrons. The van der Waals surface area contributed by atoms with Gasteiger partial charge in [0.05, 0.1) is 7.11 Å². The Balaban J connectivity index is 4.93. The monoisotopic (exact) mass is 217 g/mol. The minimum absolute atomic E-state index is 0.663. The number of nitrogens with zero attached hydrogens (tertiary/aromatic N) is 1. The highest BCUT2D eigenvalue weighted by molar-refractivity contribution is 5.88. The molecule has 15 heavy (non-hydrogen) atoms. The number of methoxy groups -OCH3 is 1. The van der Waals surface area contributed by atoms with Crippen molar-refractivity contribution >= 4 is 11.9 Å². The van der Waals surface area contributed by atoms with Crippen LogP contribution in [0.25, 0.3) is 0 Å². The van der Waals surface area contributed by atoms with E-state index in [9.17, 15) is 19.6 Å². The summed E-state index contributed by atoms with van der Waals surface area (Å²) in [5, 5.41) is 11.6. The van der Waals surface area contributed by atoms with Crippen LogP contribution >= 0.6 is 0 Å². The summed E-state index contributed by atoms with van der Waals surface area (Å²) in [6, 6.07) is 0. The second kappa shape index (κ2) is 5.74. The van der Waals surface area contributed by atoms with Crippen molar-refractivity contribution in [1.29, 1.82) is 0 Å². The number of carbonyl (C=O) groups is 2.